The van der Waals surface area contributed by atoms with E-state index in [0.717, 1.165) is 25.9 Å². The SMILES string of the molecule is CC1(C)C[C@]1(CNC(=O)CCCN1CCCC1)c1ccccc1. The first-order valence-corrected chi connectivity index (χ1v) is 9.08. The van der Waals surface area contributed by atoms with Crippen molar-refractivity contribution in [2.24, 2.45) is 5.41 Å². The Morgan fingerprint density at radius 3 is 2.43 bits per heavy atom. The molecule has 0 bridgehead atoms. The molecule has 2 aliphatic rings. The van der Waals surface area contributed by atoms with Crippen molar-refractivity contribution in [2.45, 2.75) is 51.4 Å². The molecule has 126 valence electrons. The first-order chi connectivity index (χ1) is 11.0. The van der Waals surface area contributed by atoms with Gasteiger partial charge in [0.15, 0.2) is 0 Å². The summed E-state index contributed by atoms with van der Waals surface area (Å²) in [5, 5.41) is 3.21. The first-order valence-electron chi connectivity index (χ1n) is 9.08. The smallest absolute Gasteiger partial charge is 0.220 e. The fraction of sp³-hybridized carbons (Fsp3) is 0.650. The monoisotopic (exact) mass is 314 g/mol. The summed E-state index contributed by atoms with van der Waals surface area (Å²) in [4.78, 5) is 14.7. The van der Waals surface area contributed by atoms with Gasteiger partial charge in [0.2, 0.25) is 5.91 Å². The maximum absolute atomic E-state index is 12.2. The van der Waals surface area contributed by atoms with E-state index in [1.165, 1.54) is 31.5 Å². The van der Waals surface area contributed by atoms with Crippen LogP contribution in [0.25, 0.3) is 0 Å². The largest absolute Gasteiger partial charge is 0.355 e. The van der Waals surface area contributed by atoms with Gasteiger partial charge in [-0.15, -0.1) is 0 Å². The van der Waals surface area contributed by atoms with Crippen LogP contribution in [0.1, 0.15) is 51.5 Å². The highest BCUT2D eigenvalue weighted by atomic mass is 16.1. The highest BCUT2D eigenvalue weighted by molar-refractivity contribution is 5.76. The summed E-state index contributed by atoms with van der Waals surface area (Å²) in [5.74, 6) is 0.210. The Labute approximate surface area is 140 Å². The molecule has 1 heterocycles. The summed E-state index contributed by atoms with van der Waals surface area (Å²) in [6, 6.07) is 10.7. The number of likely N-dealkylation sites (tertiary alicyclic amines) is 1. The minimum Gasteiger partial charge on any atom is -0.355 e. The predicted molar refractivity (Wildman–Crippen MR) is 94.4 cm³/mol. The summed E-state index contributed by atoms with van der Waals surface area (Å²) in [5.41, 5.74) is 1.76. The molecule has 3 nitrogen and oxygen atoms in total. The number of amides is 1. The standard InChI is InChI=1S/C20H30N2O/c1-19(2)15-20(19,17-9-4-3-5-10-17)16-21-18(23)11-8-14-22-12-6-7-13-22/h3-5,9-10H,6-8,11-16H2,1-2H3,(H,21,23)/t20-/m0/s1. The van der Waals surface area contributed by atoms with Crippen molar-refractivity contribution in [1.29, 1.82) is 0 Å². The lowest BCUT2D eigenvalue weighted by atomic mass is 9.88. The molecule has 1 N–H and O–H groups in total. The zero-order valence-electron chi connectivity index (χ0n) is 14.6. The number of carbonyl (C=O) groups is 1. The lowest BCUT2D eigenvalue weighted by molar-refractivity contribution is -0.121. The molecule has 1 aromatic carbocycles. The summed E-state index contributed by atoms with van der Waals surface area (Å²) >= 11 is 0. The molecule has 1 saturated carbocycles. The van der Waals surface area contributed by atoms with Crippen LogP contribution in [0.2, 0.25) is 0 Å². The topological polar surface area (TPSA) is 32.3 Å². The van der Waals surface area contributed by atoms with Gasteiger partial charge in [-0.3, -0.25) is 4.79 Å². The molecule has 1 aliphatic heterocycles. The molecule has 1 aromatic rings. The van der Waals surface area contributed by atoms with E-state index < -0.39 is 0 Å². The van der Waals surface area contributed by atoms with E-state index in [1.807, 2.05) is 0 Å². The van der Waals surface area contributed by atoms with Crippen LogP contribution in [0.3, 0.4) is 0 Å². The normalized spacial score (nSPS) is 26.2. The van der Waals surface area contributed by atoms with Crippen molar-refractivity contribution < 1.29 is 4.79 Å². The lowest BCUT2D eigenvalue weighted by Crippen LogP contribution is -2.35. The predicted octanol–water partition coefficient (Wildman–Crippen LogP) is 3.35. The van der Waals surface area contributed by atoms with Crippen molar-refractivity contribution >= 4 is 5.91 Å². The van der Waals surface area contributed by atoms with Gasteiger partial charge in [-0.1, -0.05) is 44.2 Å². The molecule has 0 unspecified atom stereocenters. The van der Waals surface area contributed by atoms with Crippen molar-refractivity contribution in [3.05, 3.63) is 35.9 Å². The van der Waals surface area contributed by atoms with Gasteiger partial charge in [0.25, 0.3) is 0 Å². The lowest BCUT2D eigenvalue weighted by Gasteiger charge is -2.22. The summed E-state index contributed by atoms with van der Waals surface area (Å²) in [6.07, 6.45) is 5.43. The summed E-state index contributed by atoms with van der Waals surface area (Å²) in [6.45, 7) is 8.88. The van der Waals surface area contributed by atoms with Gasteiger partial charge in [0.05, 0.1) is 0 Å². The highest BCUT2D eigenvalue weighted by Crippen LogP contribution is 2.63. The second-order valence-electron chi connectivity index (χ2n) is 7.94. The highest BCUT2D eigenvalue weighted by Gasteiger charge is 2.61. The Balaban J connectivity index is 1.47. The molecule has 3 rings (SSSR count). The van der Waals surface area contributed by atoms with Crippen LogP contribution in [0.5, 0.6) is 0 Å². The second kappa shape index (κ2) is 6.64. The average molecular weight is 314 g/mol. The second-order valence-corrected chi connectivity index (χ2v) is 7.94. The van der Waals surface area contributed by atoms with Crippen LogP contribution >= 0.6 is 0 Å². The number of carbonyl (C=O) groups excluding carboxylic acids is 1. The maximum atomic E-state index is 12.2. The Morgan fingerprint density at radius 2 is 1.83 bits per heavy atom. The van der Waals surface area contributed by atoms with Gasteiger partial charge in [-0.2, -0.15) is 0 Å². The minimum atomic E-state index is 0.124. The minimum absolute atomic E-state index is 0.124. The number of hydrogen-bond acceptors (Lipinski definition) is 2. The van der Waals surface area contributed by atoms with Crippen LogP contribution in [-0.2, 0) is 10.2 Å². The van der Waals surface area contributed by atoms with Gasteiger partial charge in [-0.05, 0) is 56.3 Å². The van der Waals surface area contributed by atoms with Gasteiger partial charge in [0.1, 0.15) is 0 Å². The fourth-order valence-corrected chi connectivity index (χ4v) is 4.17. The van der Waals surface area contributed by atoms with E-state index >= 15 is 0 Å². The average Bonchev–Trinajstić information content (AvgIpc) is 2.90. The van der Waals surface area contributed by atoms with Gasteiger partial charge < -0.3 is 10.2 Å². The van der Waals surface area contributed by atoms with E-state index in [2.05, 4.69) is 54.4 Å². The zero-order chi connectivity index (χ0) is 16.3. The first kappa shape index (κ1) is 16.5. The molecule has 1 saturated heterocycles. The zero-order valence-corrected chi connectivity index (χ0v) is 14.6. The van der Waals surface area contributed by atoms with Crippen molar-refractivity contribution in [1.82, 2.24) is 10.2 Å². The Morgan fingerprint density at radius 1 is 1.17 bits per heavy atom. The summed E-state index contributed by atoms with van der Waals surface area (Å²) in [7, 11) is 0. The Hall–Kier alpha value is -1.35. The van der Waals surface area contributed by atoms with Crippen LogP contribution in [0.15, 0.2) is 30.3 Å². The van der Waals surface area contributed by atoms with Gasteiger partial charge in [0, 0.05) is 18.4 Å². The van der Waals surface area contributed by atoms with E-state index in [0.29, 0.717) is 6.42 Å². The number of hydrogen-bond donors (Lipinski definition) is 1. The molecule has 1 amide bonds. The third kappa shape index (κ3) is 3.60. The van der Waals surface area contributed by atoms with Crippen molar-refractivity contribution in [3.63, 3.8) is 0 Å². The molecule has 0 spiro atoms. The van der Waals surface area contributed by atoms with E-state index in [4.69, 9.17) is 0 Å². The Bertz CT molecular complexity index is 534. The molecule has 2 fully saturated rings. The van der Waals surface area contributed by atoms with E-state index in [1.54, 1.807) is 0 Å². The van der Waals surface area contributed by atoms with Gasteiger partial charge >= 0.3 is 0 Å². The quantitative estimate of drug-likeness (QED) is 0.837. The fourth-order valence-electron chi connectivity index (χ4n) is 4.17. The van der Waals surface area contributed by atoms with Crippen LogP contribution in [-0.4, -0.2) is 37.0 Å². The van der Waals surface area contributed by atoms with Crippen LogP contribution in [0, 0.1) is 5.41 Å². The maximum Gasteiger partial charge on any atom is 0.220 e. The molecular formula is C20H30N2O. The van der Waals surface area contributed by atoms with Crippen molar-refractivity contribution in [2.75, 3.05) is 26.2 Å². The number of rotatable bonds is 7. The van der Waals surface area contributed by atoms with E-state index in [9.17, 15) is 4.79 Å². The molecule has 1 atom stereocenters. The molecule has 1 aliphatic carbocycles. The molecule has 0 radical (unpaired) electrons. The van der Waals surface area contributed by atoms with E-state index in [-0.39, 0.29) is 16.7 Å². The number of nitrogens with zero attached hydrogens (tertiary/aromatic N) is 1. The van der Waals surface area contributed by atoms with Crippen LogP contribution in [0.4, 0.5) is 0 Å². The van der Waals surface area contributed by atoms with Crippen molar-refractivity contribution in [3.8, 4) is 0 Å². The molecular weight excluding hydrogens is 284 g/mol. The molecule has 0 aromatic heterocycles. The third-order valence-electron chi connectivity index (χ3n) is 5.90. The van der Waals surface area contributed by atoms with Crippen LogP contribution < -0.4 is 5.32 Å². The molecule has 23 heavy (non-hydrogen) atoms. The summed E-state index contributed by atoms with van der Waals surface area (Å²) < 4.78 is 0. The Kier molecular flexibility index (Phi) is 4.77. The number of benzene rings is 1. The van der Waals surface area contributed by atoms with Gasteiger partial charge in [-0.25, -0.2) is 0 Å². The third-order valence-corrected chi connectivity index (χ3v) is 5.90. The number of nitrogens with one attached hydrogen (secondary N) is 1. The molecule has 3 heteroatoms.